The number of rotatable bonds is 3. The predicted molar refractivity (Wildman–Crippen MR) is 95.1 cm³/mol. The predicted octanol–water partition coefficient (Wildman–Crippen LogP) is 3.97. The van der Waals surface area contributed by atoms with Crippen molar-refractivity contribution in [3.63, 3.8) is 0 Å². The Labute approximate surface area is 150 Å². The number of halogens is 2. The van der Waals surface area contributed by atoms with E-state index >= 15 is 0 Å². The molecular weight excluding hydrogens is 343 g/mol. The zero-order valence-electron chi connectivity index (χ0n) is 13.5. The third-order valence-electron chi connectivity index (χ3n) is 4.37. The van der Waals surface area contributed by atoms with Gasteiger partial charge in [-0.05, 0) is 49.2 Å². The van der Waals surface area contributed by atoms with Gasteiger partial charge in [0.1, 0.15) is 5.82 Å². The van der Waals surface area contributed by atoms with E-state index in [-0.39, 0.29) is 23.3 Å². The minimum atomic E-state index is -0.518. The SMILES string of the molecule is O=C(Nc1ccc(Cl)cc1)C1CCN(C(=O)c2ccccc2F)CC1. The molecule has 0 saturated carbocycles. The lowest BCUT2D eigenvalue weighted by molar-refractivity contribution is -0.121. The molecule has 1 saturated heterocycles. The molecule has 0 aromatic heterocycles. The van der Waals surface area contributed by atoms with E-state index in [0.29, 0.717) is 36.6 Å². The van der Waals surface area contributed by atoms with Crippen molar-refractivity contribution in [2.75, 3.05) is 18.4 Å². The number of piperidine rings is 1. The number of carbonyl (C=O) groups is 2. The van der Waals surface area contributed by atoms with Gasteiger partial charge in [0.05, 0.1) is 5.56 Å². The molecule has 1 N–H and O–H groups in total. The zero-order valence-corrected chi connectivity index (χ0v) is 14.3. The highest BCUT2D eigenvalue weighted by Gasteiger charge is 2.28. The van der Waals surface area contributed by atoms with Gasteiger partial charge in [-0.3, -0.25) is 9.59 Å². The molecule has 2 aromatic carbocycles. The highest BCUT2D eigenvalue weighted by molar-refractivity contribution is 6.30. The van der Waals surface area contributed by atoms with E-state index in [1.165, 1.54) is 12.1 Å². The number of carbonyl (C=O) groups excluding carboxylic acids is 2. The largest absolute Gasteiger partial charge is 0.339 e. The van der Waals surface area contributed by atoms with Gasteiger partial charge in [-0.1, -0.05) is 23.7 Å². The fourth-order valence-corrected chi connectivity index (χ4v) is 3.05. The van der Waals surface area contributed by atoms with Gasteiger partial charge in [-0.25, -0.2) is 4.39 Å². The van der Waals surface area contributed by atoms with Crippen LogP contribution in [0.3, 0.4) is 0 Å². The molecule has 130 valence electrons. The van der Waals surface area contributed by atoms with Crippen LogP contribution in [0.15, 0.2) is 48.5 Å². The highest BCUT2D eigenvalue weighted by atomic mass is 35.5. The molecule has 1 aliphatic rings. The molecule has 2 amide bonds. The maximum atomic E-state index is 13.7. The summed E-state index contributed by atoms with van der Waals surface area (Å²) in [5.74, 6) is -1.08. The lowest BCUT2D eigenvalue weighted by Crippen LogP contribution is -2.41. The molecule has 0 spiro atoms. The number of nitrogens with zero attached hydrogens (tertiary/aromatic N) is 1. The van der Waals surface area contributed by atoms with Crippen LogP contribution in [0.2, 0.25) is 5.02 Å². The Morgan fingerprint density at radius 3 is 2.32 bits per heavy atom. The van der Waals surface area contributed by atoms with Gasteiger partial charge in [0, 0.05) is 29.7 Å². The summed E-state index contributed by atoms with van der Waals surface area (Å²) >= 11 is 5.83. The van der Waals surface area contributed by atoms with E-state index in [4.69, 9.17) is 11.6 Å². The zero-order chi connectivity index (χ0) is 17.8. The fraction of sp³-hybridized carbons (Fsp3) is 0.263. The van der Waals surface area contributed by atoms with Gasteiger partial charge in [0.25, 0.3) is 5.91 Å². The van der Waals surface area contributed by atoms with Crippen LogP contribution in [-0.2, 0) is 4.79 Å². The van der Waals surface area contributed by atoms with Crippen LogP contribution in [0, 0.1) is 11.7 Å². The second-order valence-corrected chi connectivity index (χ2v) is 6.48. The second kappa shape index (κ2) is 7.66. The van der Waals surface area contributed by atoms with Crippen LogP contribution in [0.1, 0.15) is 23.2 Å². The molecular formula is C19H18ClFN2O2. The van der Waals surface area contributed by atoms with Crippen molar-refractivity contribution < 1.29 is 14.0 Å². The molecule has 0 radical (unpaired) electrons. The first-order chi connectivity index (χ1) is 12.0. The van der Waals surface area contributed by atoms with Crippen LogP contribution in [0.25, 0.3) is 0 Å². The average molecular weight is 361 g/mol. The van der Waals surface area contributed by atoms with Gasteiger partial charge in [-0.2, -0.15) is 0 Å². The molecule has 2 aromatic rings. The Morgan fingerprint density at radius 2 is 1.68 bits per heavy atom. The van der Waals surface area contributed by atoms with Crippen LogP contribution in [0.5, 0.6) is 0 Å². The molecule has 6 heteroatoms. The number of amides is 2. The lowest BCUT2D eigenvalue weighted by Gasteiger charge is -2.31. The monoisotopic (exact) mass is 360 g/mol. The summed E-state index contributed by atoms with van der Waals surface area (Å²) in [6, 6.07) is 12.9. The van der Waals surface area contributed by atoms with E-state index in [0.717, 1.165) is 0 Å². The summed E-state index contributed by atoms with van der Waals surface area (Å²) < 4.78 is 13.7. The van der Waals surface area contributed by atoms with Crippen molar-refractivity contribution in [3.05, 3.63) is 64.9 Å². The smallest absolute Gasteiger partial charge is 0.256 e. The average Bonchev–Trinajstić information content (AvgIpc) is 2.63. The molecule has 4 nitrogen and oxygen atoms in total. The minimum absolute atomic E-state index is 0.0692. The quantitative estimate of drug-likeness (QED) is 0.900. The molecule has 0 atom stereocenters. The molecule has 1 heterocycles. The summed E-state index contributed by atoms with van der Waals surface area (Å²) in [6.45, 7) is 0.873. The van der Waals surface area contributed by atoms with E-state index in [2.05, 4.69) is 5.32 Å². The van der Waals surface area contributed by atoms with E-state index in [9.17, 15) is 14.0 Å². The van der Waals surface area contributed by atoms with Crippen molar-refractivity contribution in [3.8, 4) is 0 Å². The van der Waals surface area contributed by atoms with Gasteiger partial charge in [0.15, 0.2) is 0 Å². The number of anilines is 1. The molecule has 0 aliphatic carbocycles. The van der Waals surface area contributed by atoms with Crippen molar-refractivity contribution in [2.45, 2.75) is 12.8 Å². The number of hydrogen-bond donors (Lipinski definition) is 1. The van der Waals surface area contributed by atoms with Crippen LogP contribution < -0.4 is 5.32 Å². The van der Waals surface area contributed by atoms with Gasteiger partial charge >= 0.3 is 0 Å². The first-order valence-corrected chi connectivity index (χ1v) is 8.52. The molecule has 1 aliphatic heterocycles. The number of nitrogens with one attached hydrogen (secondary N) is 1. The third-order valence-corrected chi connectivity index (χ3v) is 4.62. The fourth-order valence-electron chi connectivity index (χ4n) is 2.93. The Bertz CT molecular complexity index is 771. The van der Waals surface area contributed by atoms with Crippen molar-refractivity contribution in [1.29, 1.82) is 0 Å². The van der Waals surface area contributed by atoms with Crippen molar-refractivity contribution in [1.82, 2.24) is 4.90 Å². The van der Waals surface area contributed by atoms with Crippen molar-refractivity contribution >= 4 is 29.1 Å². The van der Waals surface area contributed by atoms with E-state index in [1.54, 1.807) is 41.3 Å². The van der Waals surface area contributed by atoms with Crippen LogP contribution in [0.4, 0.5) is 10.1 Å². The number of likely N-dealkylation sites (tertiary alicyclic amines) is 1. The highest BCUT2D eigenvalue weighted by Crippen LogP contribution is 2.22. The molecule has 1 fully saturated rings. The van der Waals surface area contributed by atoms with Crippen LogP contribution in [-0.4, -0.2) is 29.8 Å². The Morgan fingerprint density at radius 1 is 1.04 bits per heavy atom. The van der Waals surface area contributed by atoms with E-state index in [1.807, 2.05) is 0 Å². The first kappa shape index (κ1) is 17.4. The molecule has 0 unspecified atom stereocenters. The topological polar surface area (TPSA) is 49.4 Å². The maximum Gasteiger partial charge on any atom is 0.256 e. The van der Waals surface area contributed by atoms with Gasteiger partial charge in [0.2, 0.25) is 5.91 Å². The minimum Gasteiger partial charge on any atom is -0.339 e. The summed E-state index contributed by atoms with van der Waals surface area (Å²) in [5, 5.41) is 3.47. The molecule has 25 heavy (non-hydrogen) atoms. The molecule has 3 rings (SSSR count). The van der Waals surface area contributed by atoms with E-state index < -0.39 is 5.82 Å². The number of benzene rings is 2. The lowest BCUT2D eigenvalue weighted by atomic mass is 9.95. The third kappa shape index (κ3) is 4.17. The Balaban J connectivity index is 1.56. The van der Waals surface area contributed by atoms with Gasteiger partial charge < -0.3 is 10.2 Å². The Hall–Kier alpha value is -2.40. The first-order valence-electron chi connectivity index (χ1n) is 8.15. The second-order valence-electron chi connectivity index (χ2n) is 6.04. The Kier molecular flexibility index (Phi) is 5.34. The number of hydrogen-bond acceptors (Lipinski definition) is 2. The maximum absolute atomic E-state index is 13.7. The summed E-state index contributed by atoms with van der Waals surface area (Å²) in [4.78, 5) is 26.3. The van der Waals surface area contributed by atoms with Gasteiger partial charge in [-0.15, -0.1) is 0 Å². The van der Waals surface area contributed by atoms with Crippen molar-refractivity contribution in [2.24, 2.45) is 5.92 Å². The summed E-state index contributed by atoms with van der Waals surface area (Å²) in [5.41, 5.74) is 0.769. The van der Waals surface area contributed by atoms with Crippen LogP contribution >= 0.6 is 11.6 Å². The standard InChI is InChI=1S/C19H18ClFN2O2/c20-14-5-7-15(8-6-14)22-18(24)13-9-11-23(12-10-13)19(25)16-3-1-2-4-17(16)21/h1-8,13H,9-12H2,(H,22,24). The summed E-state index contributed by atoms with van der Waals surface area (Å²) in [7, 11) is 0. The molecule has 0 bridgehead atoms. The summed E-state index contributed by atoms with van der Waals surface area (Å²) in [6.07, 6.45) is 1.11. The normalized spacial score (nSPS) is 15.0.